The monoisotopic (exact) mass is 773 g/mol. The first-order valence-corrected chi connectivity index (χ1v) is 16.8. The van der Waals surface area contributed by atoms with Gasteiger partial charge >= 0.3 is 5.97 Å². The van der Waals surface area contributed by atoms with Crippen molar-refractivity contribution in [3.63, 3.8) is 0 Å². The average molecular weight is 775 g/mol. The number of nitro groups is 1. The van der Waals surface area contributed by atoms with Crippen LogP contribution in [0.2, 0.25) is 0 Å². The van der Waals surface area contributed by atoms with Crippen LogP contribution in [0, 0.1) is 10.1 Å². The predicted molar refractivity (Wildman–Crippen MR) is 187 cm³/mol. The summed E-state index contributed by atoms with van der Waals surface area (Å²) in [5.74, 6) is 0.00744. The molecule has 0 saturated heterocycles. The van der Waals surface area contributed by atoms with E-state index in [1.165, 1.54) is 23.5 Å². The minimum absolute atomic E-state index is 0.00856. The number of esters is 1. The van der Waals surface area contributed by atoms with Gasteiger partial charge < -0.3 is 9.47 Å². The highest BCUT2D eigenvalue weighted by atomic mass is 79.9. The van der Waals surface area contributed by atoms with Gasteiger partial charge in [0.25, 0.3) is 11.2 Å². The third-order valence-electron chi connectivity index (χ3n) is 7.34. The van der Waals surface area contributed by atoms with E-state index >= 15 is 0 Å². The van der Waals surface area contributed by atoms with Gasteiger partial charge in [0.1, 0.15) is 12.4 Å². The van der Waals surface area contributed by atoms with Crippen LogP contribution in [0.15, 0.2) is 121 Å². The Morgan fingerprint density at radius 1 is 1.00 bits per heavy atom. The largest absolute Gasteiger partial charge is 0.487 e. The zero-order valence-corrected chi connectivity index (χ0v) is 28.8. The molecule has 4 aromatic carbocycles. The smallest absolute Gasteiger partial charge is 0.338 e. The van der Waals surface area contributed by atoms with Gasteiger partial charge in [-0.05, 0) is 85.8 Å². The van der Waals surface area contributed by atoms with Gasteiger partial charge in [-0.25, -0.2) is 9.79 Å². The van der Waals surface area contributed by atoms with E-state index in [-0.39, 0.29) is 24.5 Å². The Hall–Kier alpha value is -4.65. The lowest BCUT2D eigenvalue weighted by Gasteiger charge is -2.25. The molecule has 0 unspecified atom stereocenters. The molecule has 1 atom stereocenters. The summed E-state index contributed by atoms with van der Waals surface area (Å²) >= 11 is 8.40. The molecule has 1 aromatic heterocycles. The quantitative estimate of drug-likeness (QED) is 0.0911. The van der Waals surface area contributed by atoms with E-state index in [2.05, 4.69) is 31.9 Å². The number of carbonyl (C=O) groups is 1. The molecule has 1 aliphatic rings. The maximum absolute atomic E-state index is 14.2. The number of carbonyl (C=O) groups excluding carboxylic acids is 1. The first-order chi connectivity index (χ1) is 22.7. The molecule has 236 valence electrons. The van der Waals surface area contributed by atoms with E-state index in [0.29, 0.717) is 35.3 Å². The molecule has 0 saturated carbocycles. The minimum atomic E-state index is -0.752. The molecular weight excluding hydrogens is 750 g/mol. The Kier molecular flexibility index (Phi) is 9.62. The summed E-state index contributed by atoms with van der Waals surface area (Å²) in [5, 5.41) is 11.0. The molecular formula is C35H25Br2N3O6S. The van der Waals surface area contributed by atoms with Crippen molar-refractivity contribution in [3.8, 4) is 5.75 Å². The Morgan fingerprint density at radius 3 is 2.26 bits per heavy atom. The zero-order valence-electron chi connectivity index (χ0n) is 24.8. The second kappa shape index (κ2) is 14.0. The highest BCUT2D eigenvalue weighted by Crippen LogP contribution is 2.37. The summed E-state index contributed by atoms with van der Waals surface area (Å²) in [6, 6.07) is 27.9. The van der Waals surface area contributed by atoms with Gasteiger partial charge in [0.05, 0.1) is 42.3 Å². The Morgan fingerprint density at radius 2 is 1.64 bits per heavy atom. The lowest BCUT2D eigenvalue weighted by Crippen LogP contribution is -2.39. The Bertz CT molecular complexity index is 2180. The molecule has 0 aliphatic carbocycles. The third-order valence-corrected chi connectivity index (χ3v) is 9.50. The van der Waals surface area contributed by atoms with Crippen LogP contribution < -0.4 is 19.6 Å². The maximum atomic E-state index is 14.2. The van der Waals surface area contributed by atoms with E-state index in [4.69, 9.17) is 14.5 Å². The Balaban J connectivity index is 1.42. The van der Waals surface area contributed by atoms with E-state index < -0.39 is 16.9 Å². The summed E-state index contributed by atoms with van der Waals surface area (Å²) in [5.41, 5.74) is 3.47. The predicted octanol–water partition coefficient (Wildman–Crippen LogP) is 6.95. The molecule has 6 rings (SSSR count). The van der Waals surface area contributed by atoms with Crippen LogP contribution in [0.5, 0.6) is 5.75 Å². The zero-order chi connectivity index (χ0) is 33.1. The number of benzene rings is 4. The first kappa shape index (κ1) is 32.3. The van der Waals surface area contributed by atoms with Crippen LogP contribution in [0.25, 0.3) is 11.8 Å². The van der Waals surface area contributed by atoms with E-state index in [9.17, 15) is 19.7 Å². The van der Waals surface area contributed by atoms with Crippen molar-refractivity contribution in [3.05, 3.63) is 164 Å². The number of hydrogen-bond acceptors (Lipinski definition) is 8. The third kappa shape index (κ3) is 6.76. The summed E-state index contributed by atoms with van der Waals surface area (Å²) in [6.07, 6.45) is 1.78. The standard InChI is InChI=1S/C35H25Br2N3O6S/c1-2-45-34(42)29-30(23-9-5-3-6-10-23)38-35-39(31(29)24-11-7-4-8-12-24)33(41)28(47-35)19-22-17-26(36)32(27(37)18-22)46-20-21-13-15-25(16-14-21)40(43)44/h3-19,31H,2,20H2,1H3/b28-19-/t31-/m0/s1. The van der Waals surface area contributed by atoms with Crippen LogP contribution >= 0.6 is 43.2 Å². The van der Waals surface area contributed by atoms with Crippen molar-refractivity contribution in [1.82, 2.24) is 4.57 Å². The fourth-order valence-corrected chi connectivity index (χ4v) is 7.66. The molecule has 2 heterocycles. The van der Waals surface area contributed by atoms with Gasteiger partial charge in [-0.3, -0.25) is 19.5 Å². The summed E-state index contributed by atoms with van der Waals surface area (Å²) in [7, 11) is 0. The van der Waals surface area contributed by atoms with Crippen molar-refractivity contribution in [2.45, 2.75) is 19.6 Å². The van der Waals surface area contributed by atoms with Crippen LogP contribution in [-0.2, 0) is 16.1 Å². The second-order valence-corrected chi connectivity index (χ2v) is 13.1. The summed E-state index contributed by atoms with van der Waals surface area (Å²) < 4.78 is 14.8. The van der Waals surface area contributed by atoms with Crippen molar-refractivity contribution >= 4 is 66.6 Å². The van der Waals surface area contributed by atoms with Gasteiger partial charge in [0, 0.05) is 17.7 Å². The van der Waals surface area contributed by atoms with Crippen LogP contribution in [0.3, 0.4) is 0 Å². The number of non-ortho nitro benzene ring substituents is 1. The number of hydrogen-bond donors (Lipinski definition) is 0. The highest BCUT2D eigenvalue weighted by molar-refractivity contribution is 9.11. The molecule has 0 amide bonds. The van der Waals surface area contributed by atoms with E-state index in [1.54, 1.807) is 29.7 Å². The average Bonchev–Trinajstić information content (AvgIpc) is 3.38. The van der Waals surface area contributed by atoms with Gasteiger partial charge in [0.15, 0.2) is 4.80 Å². The molecule has 0 fully saturated rings. The highest BCUT2D eigenvalue weighted by Gasteiger charge is 2.35. The lowest BCUT2D eigenvalue weighted by atomic mass is 9.93. The maximum Gasteiger partial charge on any atom is 0.338 e. The van der Waals surface area contributed by atoms with Gasteiger partial charge in [-0.2, -0.15) is 0 Å². The lowest BCUT2D eigenvalue weighted by molar-refractivity contribution is -0.384. The fourth-order valence-electron chi connectivity index (χ4n) is 5.21. The van der Waals surface area contributed by atoms with Crippen molar-refractivity contribution in [1.29, 1.82) is 0 Å². The number of thiazole rings is 1. The number of fused-ring (bicyclic) bond motifs is 1. The van der Waals surface area contributed by atoms with E-state index in [0.717, 1.165) is 22.3 Å². The second-order valence-electron chi connectivity index (χ2n) is 10.4. The van der Waals surface area contributed by atoms with Gasteiger partial charge in [-0.15, -0.1) is 0 Å². The molecule has 0 bridgehead atoms. The van der Waals surface area contributed by atoms with Crippen LogP contribution in [0.1, 0.15) is 35.2 Å². The van der Waals surface area contributed by atoms with E-state index in [1.807, 2.05) is 72.8 Å². The molecule has 1 aliphatic heterocycles. The molecule has 0 N–H and O–H groups in total. The number of nitrogens with zero attached hydrogens (tertiary/aromatic N) is 3. The number of aromatic nitrogens is 1. The number of halogens is 2. The fraction of sp³-hybridized carbons (Fsp3) is 0.114. The van der Waals surface area contributed by atoms with Gasteiger partial charge in [0.2, 0.25) is 0 Å². The topological polar surface area (TPSA) is 113 Å². The SMILES string of the molecule is CCOC(=O)C1=C(c2ccccc2)N=c2s/c(=C\c3cc(Br)c(OCc4ccc([N+](=O)[O-])cc4)c(Br)c3)c(=O)n2[C@H]1c1ccccc1. The summed E-state index contributed by atoms with van der Waals surface area (Å²) in [6.45, 7) is 2.11. The van der Waals surface area contributed by atoms with Crippen molar-refractivity contribution in [2.24, 2.45) is 4.99 Å². The van der Waals surface area contributed by atoms with Crippen LogP contribution in [0.4, 0.5) is 5.69 Å². The van der Waals surface area contributed by atoms with Gasteiger partial charge in [-0.1, -0.05) is 72.0 Å². The molecule has 5 aromatic rings. The minimum Gasteiger partial charge on any atom is -0.487 e. The number of ether oxygens (including phenoxy) is 2. The van der Waals surface area contributed by atoms with Crippen LogP contribution in [-0.4, -0.2) is 22.1 Å². The molecule has 12 heteroatoms. The molecule has 0 radical (unpaired) electrons. The van der Waals surface area contributed by atoms with Crippen molar-refractivity contribution < 1.29 is 19.2 Å². The number of rotatable bonds is 9. The number of nitro benzene ring substituents is 1. The summed E-state index contributed by atoms with van der Waals surface area (Å²) in [4.78, 5) is 43.6. The molecule has 9 nitrogen and oxygen atoms in total. The first-order valence-electron chi connectivity index (χ1n) is 14.4. The Labute approximate surface area is 289 Å². The van der Waals surface area contributed by atoms with Crippen molar-refractivity contribution in [2.75, 3.05) is 6.61 Å². The molecule has 47 heavy (non-hydrogen) atoms. The molecule has 0 spiro atoms. The normalized spacial score (nSPS) is 14.4.